The van der Waals surface area contributed by atoms with Crippen molar-refractivity contribution >= 4 is 11.3 Å². The Morgan fingerprint density at radius 3 is 2.50 bits per heavy atom. The van der Waals surface area contributed by atoms with Gasteiger partial charge in [0.1, 0.15) is 24.7 Å². The van der Waals surface area contributed by atoms with Crippen LogP contribution >= 0.6 is 0 Å². The lowest BCUT2D eigenvalue weighted by Gasteiger charge is -2.09. The molecule has 142 valence electrons. The van der Waals surface area contributed by atoms with Gasteiger partial charge in [-0.05, 0) is 48.5 Å². The summed E-state index contributed by atoms with van der Waals surface area (Å²) in [4.78, 5) is 4.71. The third-order valence-corrected chi connectivity index (χ3v) is 4.30. The van der Waals surface area contributed by atoms with Crippen molar-refractivity contribution in [1.82, 2.24) is 9.38 Å². The molecule has 0 aliphatic carbocycles. The average molecular weight is 375 g/mol. The molecule has 4 rings (SSSR count). The fourth-order valence-corrected chi connectivity index (χ4v) is 2.92. The monoisotopic (exact) mass is 375 g/mol. The Hall–Kier alpha value is -3.67. The molecule has 0 spiro atoms. The number of anilines is 1. The molecular weight excluding hydrogens is 354 g/mol. The molecule has 6 heteroatoms. The van der Waals surface area contributed by atoms with Crippen molar-refractivity contribution in [2.45, 2.75) is 0 Å². The second-order valence-corrected chi connectivity index (χ2v) is 6.23. The maximum absolute atomic E-state index is 5.90. The molecule has 0 unspecified atom stereocenters. The highest BCUT2D eigenvalue weighted by Crippen LogP contribution is 2.25. The molecular formula is C22H21N3O3. The van der Waals surface area contributed by atoms with Crippen LogP contribution < -0.4 is 19.9 Å². The summed E-state index contributed by atoms with van der Waals surface area (Å²) >= 11 is 0. The molecule has 0 saturated heterocycles. The van der Waals surface area contributed by atoms with Gasteiger partial charge in [0, 0.05) is 23.6 Å². The van der Waals surface area contributed by atoms with E-state index in [1.165, 1.54) is 0 Å². The topological polar surface area (TPSA) is 71.0 Å². The molecule has 0 aliphatic rings. The smallest absolute Gasteiger partial charge is 0.180 e. The molecule has 0 bridgehead atoms. The lowest BCUT2D eigenvalue weighted by molar-refractivity contribution is 0.218. The minimum Gasteiger partial charge on any atom is -0.497 e. The molecule has 6 nitrogen and oxygen atoms in total. The number of pyridine rings is 1. The second-order valence-electron chi connectivity index (χ2n) is 6.23. The van der Waals surface area contributed by atoms with Gasteiger partial charge in [0.05, 0.1) is 12.8 Å². The molecule has 4 aromatic rings. The zero-order chi connectivity index (χ0) is 19.3. The maximum Gasteiger partial charge on any atom is 0.180 e. The largest absolute Gasteiger partial charge is 0.497 e. The van der Waals surface area contributed by atoms with Crippen molar-refractivity contribution in [3.8, 4) is 28.5 Å². The van der Waals surface area contributed by atoms with E-state index in [-0.39, 0.29) is 0 Å². The zero-order valence-electron chi connectivity index (χ0n) is 15.5. The van der Waals surface area contributed by atoms with Gasteiger partial charge in [-0.1, -0.05) is 12.1 Å². The molecule has 0 aliphatic heterocycles. The molecule has 2 aromatic carbocycles. The SMILES string of the molecule is COc1ccc(OCCOc2cccn3cc(-c4cccc(N)c4)nc23)cc1. The van der Waals surface area contributed by atoms with Gasteiger partial charge < -0.3 is 24.3 Å². The van der Waals surface area contributed by atoms with Crippen LogP contribution in [-0.2, 0) is 0 Å². The Labute approximate surface area is 163 Å². The van der Waals surface area contributed by atoms with E-state index in [1.807, 2.05) is 77.5 Å². The molecule has 2 N–H and O–H groups in total. The van der Waals surface area contributed by atoms with E-state index in [0.717, 1.165) is 28.4 Å². The Morgan fingerprint density at radius 1 is 0.929 bits per heavy atom. The summed E-state index contributed by atoms with van der Waals surface area (Å²) in [6.07, 6.45) is 3.91. The third kappa shape index (κ3) is 3.86. The van der Waals surface area contributed by atoms with Crippen molar-refractivity contribution in [3.05, 3.63) is 73.1 Å². The Balaban J connectivity index is 1.43. The summed E-state index contributed by atoms with van der Waals surface area (Å²) in [5, 5.41) is 0. The van der Waals surface area contributed by atoms with E-state index in [1.54, 1.807) is 7.11 Å². The van der Waals surface area contributed by atoms with Crippen LogP contribution in [0.1, 0.15) is 0 Å². The first-order chi connectivity index (χ1) is 13.7. The molecule has 0 amide bonds. The summed E-state index contributed by atoms with van der Waals surface area (Å²) in [5.41, 5.74) is 9.16. The lowest BCUT2D eigenvalue weighted by atomic mass is 10.1. The van der Waals surface area contributed by atoms with Crippen LogP contribution in [0.4, 0.5) is 5.69 Å². The number of fused-ring (bicyclic) bond motifs is 1. The van der Waals surface area contributed by atoms with Gasteiger partial charge in [0.15, 0.2) is 11.4 Å². The van der Waals surface area contributed by atoms with Crippen molar-refractivity contribution in [2.75, 3.05) is 26.1 Å². The number of aromatic nitrogens is 2. The van der Waals surface area contributed by atoms with Crippen LogP contribution in [0.2, 0.25) is 0 Å². The summed E-state index contributed by atoms with van der Waals surface area (Å²) < 4.78 is 18.7. The van der Waals surface area contributed by atoms with Gasteiger partial charge in [-0.3, -0.25) is 0 Å². The Morgan fingerprint density at radius 2 is 1.71 bits per heavy atom. The molecule has 0 fully saturated rings. The van der Waals surface area contributed by atoms with Crippen molar-refractivity contribution < 1.29 is 14.2 Å². The minimum absolute atomic E-state index is 0.409. The molecule has 0 saturated carbocycles. The van der Waals surface area contributed by atoms with Gasteiger partial charge in [-0.25, -0.2) is 4.98 Å². The summed E-state index contributed by atoms with van der Waals surface area (Å²) in [7, 11) is 1.64. The van der Waals surface area contributed by atoms with Gasteiger partial charge in [0.25, 0.3) is 0 Å². The lowest BCUT2D eigenvalue weighted by Crippen LogP contribution is -2.09. The predicted octanol–water partition coefficient (Wildman–Crippen LogP) is 4.05. The molecule has 2 heterocycles. The zero-order valence-corrected chi connectivity index (χ0v) is 15.5. The highest BCUT2D eigenvalue weighted by atomic mass is 16.5. The number of hydrogen-bond donors (Lipinski definition) is 1. The first-order valence-electron chi connectivity index (χ1n) is 8.96. The fourth-order valence-electron chi connectivity index (χ4n) is 2.92. The Bertz CT molecular complexity index is 1070. The van der Waals surface area contributed by atoms with Gasteiger partial charge >= 0.3 is 0 Å². The number of benzene rings is 2. The van der Waals surface area contributed by atoms with Crippen molar-refractivity contribution in [3.63, 3.8) is 0 Å². The summed E-state index contributed by atoms with van der Waals surface area (Å²) in [6, 6.07) is 19.0. The number of imidazole rings is 1. The van der Waals surface area contributed by atoms with E-state index in [2.05, 4.69) is 0 Å². The number of nitrogen functional groups attached to an aromatic ring is 1. The van der Waals surface area contributed by atoms with Crippen LogP contribution in [0.3, 0.4) is 0 Å². The normalized spacial score (nSPS) is 10.8. The molecule has 2 aromatic heterocycles. The third-order valence-electron chi connectivity index (χ3n) is 4.30. The van der Waals surface area contributed by atoms with E-state index >= 15 is 0 Å². The first-order valence-corrected chi connectivity index (χ1v) is 8.96. The van der Waals surface area contributed by atoms with Crippen molar-refractivity contribution in [1.29, 1.82) is 0 Å². The standard InChI is InChI=1S/C22H21N3O3/c1-26-18-7-9-19(10-8-18)27-12-13-28-21-6-3-11-25-15-20(24-22(21)25)16-4-2-5-17(23)14-16/h2-11,14-15H,12-13,23H2,1H3. The summed E-state index contributed by atoms with van der Waals surface area (Å²) in [6.45, 7) is 0.836. The fraction of sp³-hybridized carbons (Fsp3) is 0.136. The molecule has 28 heavy (non-hydrogen) atoms. The van der Waals surface area contributed by atoms with Gasteiger partial charge in [-0.15, -0.1) is 0 Å². The number of nitrogens with zero attached hydrogens (tertiary/aromatic N) is 2. The molecule has 0 radical (unpaired) electrons. The minimum atomic E-state index is 0.409. The second kappa shape index (κ2) is 7.92. The van der Waals surface area contributed by atoms with E-state index in [9.17, 15) is 0 Å². The van der Waals surface area contributed by atoms with E-state index in [0.29, 0.717) is 24.7 Å². The van der Waals surface area contributed by atoms with Gasteiger partial charge in [0.2, 0.25) is 0 Å². The van der Waals surface area contributed by atoms with Crippen molar-refractivity contribution in [2.24, 2.45) is 0 Å². The van der Waals surface area contributed by atoms with Crippen LogP contribution in [0.5, 0.6) is 17.2 Å². The van der Waals surface area contributed by atoms with Crippen LogP contribution in [0, 0.1) is 0 Å². The summed E-state index contributed by atoms with van der Waals surface area (Å²) in [5.74, 6) is 2.27. The van der Waals surface area contributed by atoms with Gasteiger partial charge in [-0.2, -0.15) is 0 Å². The quantitative estimate of drug-likeness (QED) is 0.390. The predicted molar refractivity (Wildman–Crippen MR) is 109 cm³/mol. The number of methoxy groups -OCH3 is 1. The van der Waals surface area contributed by atoms with E-state index < -0.39 is 0 Å². The number of rotatable bonds is 7. The van der Waals surface area contributed by atoms with Crippen LogP contribution in [0.25, 0.3) is 16.9 Å². The Kier molecular flexibility index (Phi) is 5.01. The average Bonchev–Trinajstić information content (AvgIpc) is 3.17. The highest BCUT2D eigenvalue weighted by molar-refractivity contribution is 5.68. The number of hydrogen-bond acceptors (Lipinski definition) is 5. The number of nitrogens with two attached hydrogens (primary N) is 1. The number of ether oxygens (including phenoxy) is 3. The molecule has 0 atom stereocenters. The maximum atomic E-state index is 5.90. The van der Waals surface area contributed by atoms with Crippen LogP contribution in [-0.4, -0.2) is 29.7 Å². The first kappa shape index (κ1) is 17.7. The highest BCUT2D eigenvalue weighted by Gasteiger charge is 2.09. The van der Waals surface area contributed by atoms with E-state index in [4.69, 9.17) is 24.9 Å². The van der Waals surface area contributed by atoms with Crippen LogP contribution in [0.15, 0.2) is 73.1 Å².